The van der Waals surface area contributed by atoms with Crippen LogP contribution in [0.3, 0.4) is 0 Å². The van der Waals surface area contributed by atoms with Gasteiger partial charge in [-0.05, 0) is 54.7 Å². The summed E-state index contributed by atoms with van der Waals surface area (Å²) in [7, 11) is 0. The van der Waals surface area contributed by atoms with E-state index in [4.69, 9.17) is 26.1 Å². The number of rotatable bonds is 10. The largest absolute Gasteiger partial charge is 0.485 e. The van der Waals surface area contributed by atoms with Crippen molar-refractivity contribution in [2.75, 3.05) is 43.0 Å². The van der Waals surface area contributed by atoms with Gasteiger partial charge in [0, 0.05) is 44.1 Å². The molecule has 0 aliphatic carbocycles. The number of benzene rings is 2. The van der Waals surface area contributed by atoms with E-state index >= 15 is 0 Å². The zero-order valence-electron chi connectivity index (χ0n) is 32.5. The predicted octanol–water partition coefficient (Wildman–Crippen LogP) is 5.54. The van der Waals surface area contributed by atoms with Crippen LogP contribution in [0.4, 0.5) is 24.5 Å². The molecule has 2 aliphatic rings. The number of anilines is 2. The molecule has 2 aromatic carbocycles. The second-order valence-electron chi connectivity index (χ2n) is 14.2. The lowest BCUT2D eigenvalue weighted by Crippen LogP contribution is -2.51. The van der Waals surface area contributed by atoms with E-state index in [1.54, 1.807) is 28.8 Å². The average Bonchev–Trinajstić information content (AvgIpc) is 3.70. The fraction of sp³-hybridized carbons (Fsp3) is 0.317. The van der Waals surface area contributed by atoms with Crippen molar-refractivity contribution in [3.05, 3.63) is 122 Å². The number of carbonyl (C=O) groups excluding carboxylic acids is 2. The summed E-state index contributed by atoms with van der Waals surface area (Å²) in [6.45, 7) is 5.14. The van der Waals surface area contributed by atoms with E-state index < -0.39 is 29.8 Å². The molecule has 310 valence electrons. The number of alkyl halides is 3. The standard InChI is InChI=1S/C41H38ClF3N10O5/c1-3-32-35(52-12-14-53(15-13-52)38(57)34-36(24(2)47-23-48-34)60-21-25-7-5-4-6-8-25)39(58)55-40(50-37(51-55)28-19-46-18-26-11-16-59-22-29(26)28)54(32)20-33(56)49-31-10-9-27(17-30(31)42)41(43,44)45/h4-10,17-19,23H,3,11-16,20-22H2,1-2H3,(H,49,56). The Labute approximate surface area is 345 Å². The van der Waals surface area contributed by atoms with Crippen LogP contribution in [0.2, 0.25) is 5.02 Å². The fourth-order valence-electron chi connectivity index (χ4n) is 7.43. The summed E-state index contributed by atoms with van der Waals surface area (Å²) in [5.74, 6) is -0.443. The van der Waals surface area contributed by atoms with Crippen molar-refractivity contribution in [2.45, 2.75) is 52.6 Å². The summed E-state index contributed by atoms with van der Waals surface area (Å²) in [6, 6.07) is 12.2. The van der Waals surface area contributed by atoms with E-state index in [0.29, 0.717) is 36.6 Å². The number of aromatic nitrogens is 7. The highest BCUT2D eigenvalue weighted by molar-refractivity contribution is 6.33. The lowest BCUT2D eigenvalue weighted by molar-refractivity contribution is -0.137. The molecular formula is C41H38ClF3N10O5. The van der Waals surface area contributed by atoms with Crippen LogP contribution in [-0.4, -0.2) is 83.6 Å². The number of amides is 2. The quantitative estimate of drug-likeness (QED) is 0.184. The van der Waals surface area contributed by atoms with Crippen LogP contribution in [0, 0.1) is 6.92 Å². The number of hydrogen-bond donors (Lipinski definition) is 1. The third-order valence-corrected chi connectivity index (χ3v) is 10.8. The lowest BCUT2D eigenvalue weighted by Gasteiger charge is -2.36. The Balaban J connectivity index is 1.12. The van der Waals surface area contributed by atoms with Gasteiger partial charge in [0.15, 0.2) is 17.3 Å². The zero-order chi connectivity index (χ0) is 42.1. The second-order valence-corrected chi connectivity index (χ2v) is 14.7. The number of nitrogens with one attached hydrogen (secondary N) is 1. The molecule has 1 fully saturated rings. The van der Waals surface area contributed by atoms with Crippen molar-refractivity contribution in [1.82, 2.24) is 39.0 Å². The molecule has 6 aromatic rings. The molecule has 0 radical (unpaired) electrons. The minimum absolute atomic E-state index is 0.0255. The Kier molecular flexibility index (Phi) is 11.2. The summed E-state index contributed by atoms with van der Waals surface area (Å²) in [4.78, 5) is 63.5. The van der Waals surface area contributed by atoms with Crippen molar-refractivity contribution < 1.29 is 32.2 Å². The number of aryl methyl sites for hydroxylation is 1. The molecule has 0 unspecified atom stereocenters. The molecule has 0 atom stereocenters. The van der Waals surface area contributed by atoms with Crippen LogP contribution in [0.15, 0.2) is 72.0 Å². The van der Waals surface area contributed by atoms with Gasteiger partial charge in [0.1, 0.15) is 25.2 Å². The third kappa shape index (κ3) is 7.99. The lowest BCUT2D eigenvalue weighted by atomic mass is 10.0. The molecule has 6 heterocycles. The first-order valence-corrected chi connectivity index (χ1v) is 19.5. The Hall–Kier alpha value is -6.40. The molecule has 1 saturated heterocycles. The van der Waals surface area contributed by atoms with Gasteiger partial charge in [-0.2, -0.15) is 22.7 Å². The predicted molar refractivity (Wildman–Crippen MR) is 214 cm³/mol. The number of ether oxygens (including phenoxy) is 2. The summed E-state index contributed by atoms with van der Waals surface area (Å²) in [6.07, 6.45) is 0.969. The maximum atomic E-state index is 14.6. The molecule has 60 heavy (non-hydrogen) atoms. The van der Waals surface area contributed by atoms with Gasteiger partial charge in [-0.1, -0.05) is 48.9 Å². The van der Waals surface area contributed by atoms with E-state index in [1.165, 1.54) is 6.33 Å². The smallest absolute Gasteiger partial charge is 0.416 e. The van der Waals surface area contributed by atoms with E-state index in [1.807, 2.05) is 42.2 Å². The second kappa shape index (κ2) is 16.7. The number of carbonyl (C=O) groups is 2. The van der Waals surface area contributed by atoms with Crippen molar-refractivity contribution >= 4 is 40.6 Å². The molecule has 15 nitrogen and oxygen atoms in total. The zero-order valence-corrected chi connectivity index (χ0v) is 33.3. The fourth-order valence-corrected chi connectivity index (χ4v) is 7.66. The Morgan fingerprint density at radius 1 is 1.03 bits per heavy atom. The van der Waals surface area contributed by atoms with Gasteiger partial charge >= 0.3 is 6.18 Å². The van der Waals surface area contributed by atoms with Crippen LogP contribution in [0.25, 0.3) is 17.2 Å². The van der Waals surface area contributed by atoms with Gasteiger partial charge < -0.3 is 29.2 Å². The minimum atomic E-state index is -4.63. The molecule has 0 bridgehead atoms. The van der Waals surface area contributed by atoms with Gasteiger partial charge in [-0.3, -0.25) is 19.4 Å². The van der Waals surface area contributed by atoms with Crippen molar-refractivity contribution in [3.8, 4) is 17.1 Å². The van der Waals surface area contributed by atoms with Gasteiger partial charge in [0.2, 0.25) is 11.7 Å². The van der Waals surface area contributed by atoms with E-state index in [9.17, 15) is 27.6 Å². The number of fused-ring (bicyclic) bond motifs is 2. The number of piperazine rings is 1. The van der Waals surface area contributed by atoms with E-state index in [0.717, 1.165) is 39.4 Å². The van der Waals surface area contributed by atoms with Gasteiger partial charge in [0.05, 0.1) is 40.9 Å². The maximum absolute atomic E-state index is 14.6. The van der Waals surface area contributed by atoms with E-state index in [-0.39, 0.29) is 84.6 Å². The van der Waals surface area contributed by atoms with Crippen molar-refractivity contribution in [2.24, 2.45) is 0 Å². The Morgan fingerprint density at radius 2 is 1.82 bits per heavy atom. The molecule has 2 amide bonds. The summed E-state index contributed by atoms with van der Waals surface area (Å²) in [5, 5.41) is 6.97. The maximum Gasteiger partial charge on any atom is 0.416 e. The number of nitrogens with zero attached hydrogens (tertiary/aromatic N) is 9. The SMILES string of the molecule is CCc1c(N2CCN(C(=O)c3ncnc(C)c3OCc3ccccc3)CC2)c(=O)n2nc(-c3cncc4c3COCC4)nc2n1CC(=O)Nc1ccc(C(F)(F)F)cc1Cl. The summed E-state index contributed by atoms with van der Waals surface area (Å²) < 4.78 is 54.5. The third-order valence-electron chi connectivity index (χ3n) is 10.5. The first-order valence-electron chi connectivity index (χ1n) is 19.2. The molecule has 4 aromatic heterocycles. The van der Waals surface area contributed by atoms with Gasteiger partial charge in [-0.25, -0.2) is 9.97 Å². The number of hydrogen-bond acceptors (Lipinski definition) is 11. The van der Waals surface area contributed by atoms with E-state index in [2.05, 4.69) is 25.4 Å². The summed E-state index contributed by atoms with van der Waals surface area (Å²) >= 11 is 6.19. The topological polar surface area (TPSA) is 162 Å². The van der Waals surface area contributed by atoms with Crippen LogP contribution in [-0.2, 0) is 48.3 Å². The van der Waals surface area contributed by atoms with Crippen molar-refractivity contribution in [3.63, 3.8) is 0 Å². The van der Waals surface area contributed by atoms with Crippen LogP contribution < -0.4 is 20.5 Å². The highest BCUT2D eigenvalue weighted by atomic mass is 35.5. The van der Waals surface area contributed by atoms with Crippen molar-refractivity contribution in [1.29, 1.82) is 0 Å². The number of halogens is 4. The van der Waals surface area contributed by atoms with Gasteiger partial charge in [0.25, 0.3) is 11.5 Å². The average molecular weight is 843 g/mol. The van der Waals surface area contributed by atoms with Crippen LogP contribution in [0.5, 0.6) is 5.75 Å². The van der Waals surface area contributed by atoms with Crippen LogP contribution >= 0.6 is 11.6 Å². The molecule has 8 rings (SSSR count). The molecule has 0 saturated carbocycles. The molecule has 2 aliphatic heterocycles. The molecule has 0 spiro atoms. The van der Waals surface area contributed by atoms with Gasteiger partial charge in [-0.15, -0.1) is 5.10 Å². The van der Waals surface area contributed by atoms with Crippen LogP contribution in [0.1, 0.15) is 51.1 Å². The first-order chi connectivity index (χ1) is 28.9. The normalized spacial score (nSPS) is 14.3. The Morgan fingerprint density at radius 3 is 2.55 bits per heavy atom. The monoisotopic (exact) mass is 842 g/mol. The molecule has 19 heteroatoms. The minimum Gasteiger partial charge on any atom is -0.485 e. The molecule has 1 N–H and O–H groups in total. The first kappa shape index (κ1) is 40.4. The highest BCUT2D eigenvalue weighted by Gasteiger charge is 2.33. The Bertz CT molecular complexity index is 2660. The number of pyridine rings is 1. The summed E-state index contributed by atoms with van der Waals surface area (Å²) in [5.41, 5.74) is 3.17. The molecular weight excluding hydrogens is 805 g/mol. The highest BCUT2D eigenvalue weighted by Crippen LogP contribution is 2.34.